The normalized spacial score (nSPS) is 12.5. The highest BCUT2D eigenvalue weighted by Crippen LogP contribution is 2.26. The molecular formula is C30H24Cl2N4O4. The molecule has 5 rings (SSSR count). The number of nitriles is 1. The highest BCUT2D eigenvalue weighted by molar-refractivity contribution is 6.42. The van der Waals surface area contributed by atoms with Crippen molar-refractivity contribution in [2.75, 3.05) is 13.7 Å². The van der Waals surface area contributed by atoms with Gasteiger partial charge in [-0.05, 0) is 66.6 Å². The smallest absolute Gasteiger partial charge is 0.333 e. The van der Waals surface area contributed by atoms with Crippen LogP contribution in [-0.4, -0.2) is 39.4 Å². The van der Waals surface area contributed by atoms with E-state index in [2.05, 4.69) is 6.07 Å². The number of hydrogen-bond donors (Lipinski definition) is 0. The summed E-state index contributed by atoms with van der Waals surface area (Å²) in [5, 5.41) is 9.67. The zero-order chi connectivity index (χ0) is 28.4. The van der Waals surface area contributed by atoms with Gasteiger partial charge >= 0.3 is 5.69 Å². The summed E-state index contributed by atoms with van der Waals surface area (Å²) >= 11 is 12.2. The van der Waals surface area contributed by atoms with Crippen LogP contribution in [0.4, 0.5) is 0 Å². The van der Waals surface area contributed by atoms with E-state index in [1.807, 2.05) is 12.1 Å². The molecule has 2 heterocycles. The average molecular weight is 575 g/mol. The first-order valence-electron chi connectivity index (χ1n) is 12.6. The predicted octanol–water partition coefficient (Wildman–Crippen LogP) is 5.30. The van der Waals surface area contributed by atoms with Gasteiger partial charge in [-0.3, -0.25) is 18.7 Å². The van der Waals surface area contributed by atoms with E-state index in [-0.39, 0.29) is 54.2 Å². The highest BCUT2D eigenvalue weighted by Gasteiger charge is 2.32. The van der Waals surface area contributed by atoms with E-state index in [1.165, 1.54) is 10.6 Å². The fraction of sp³-hybridized carbons (Fsp3) is 0.200. The molecule has 0 saturated heterocycles. The van der Waals surface area contributed by atoms with E-state index in [0.29, 0.717) is 39.7 Å². The first-order chi connectivity index (χ1) is 19.3. The van der Waals surface area contributed by atoms with Crippen LogP contribution in [0.25, 0.3) is 5.69 Å². The number of carbonyl (C=O) groups excluding carboxylic acids is 2. The lowest BCUT2D eigenvalue weighted by Crippen LogP contribution is -2.41. The number of ketones is 1. The summed E-state index contributed by atoms with van der Waals surface area (Å²) in [5.41, 5.74) is 2.71. The summed E-state index contributed by atoms with van der Waals surface area (Å²) in [6.07, 6.45) is 0.567. The number of Topliss-reactive ketones (excluding diaryl/α,β-unsaturated/α-hetero) is 1. The van der Waals surface area contributed by atoms with Gasteiger partial charge in [0.05, 0.1) is 46.7 Å². The van der Waals surface area contributed by atoms with Crippen molar-refractivity contribution >= 4 is 34.9 Å². The zero-order valence-corrected chi connectivity index (χ0v) is 23.1. The number of amides is 1. The maximum atomic E-state index is 13.8. The van der Waals surface area contributed by atoms with Gasteiger partial charge < -0.3 is 9.64 Å². The number of fused-ring (bicyclic) bond motifs is 1. The van der Waals surface area contributed by atoms with Gasteiger partial charge in [-0.2, -0.15) is 5.26 Å². The second-order valence-electron chi connectivity index (χ2n) is 9.35. The van der Waals surface area contributed by atoms with Crippen LogP contribution < -0.4 is 10.4 Å². The molecule has 3 aromatic carbocycles. The van der Waals surface area contributed by atoms with Crippen LogP contribution in [0.5, 0.6) is 5.75 Å². The van der Waals surface area contributed by atoms with Gasteiger partial charge in [-0.25, -0.2) is 4.79 Å². The van der Waals surface area contributed by atoms with Crippen molar-refractivity contribution in [3.63, 3.8) is 0 Å². The topological polar surface area (TPSA) is 97.3 Å². The SMILES string of the molecule is COc1ccc(-n2c(C(=O)CCc3ccc(C#N)cc3)c3n(c2=O)CCN(C(=O)c2ccc(Cl)c(Cl)c2)C3)cc1. The second-order valence-corrected chi connectivity index (χ2v) is 10.2. The fourth-order valence-corrected chi connectivity index (χ4v) is 5.12. The summed E-state index contributed by atoms with van der Waals surface area (Å²) in [6.45, 7) is 0.604. The third kappa shape index (κ3) is 5.26. The van der Waals surface area contributed by atoms with E-state index in [1.54, 1.807) is 65.1 Å². The molecule has 40 heavy (non-hydrogen) atoms. The Bertz CT molecular complexity index is 1700. The Labute approximate surface area is 240 Å². The van der Waals surface area contributed by atoms with E-state index in [9.17, 15) is 14.4 Å². The van der Waals surface area contributed by atoms with Gasteiger partial charge in [0.25, 0.3) is 5.91 Å². The third-order valence-corrected chi connectivity index (χ3v) is 7.69. The second kappa shape index (κ2) is 11.4. The number of aryl methyl sites for hydroxylation is 1. The fourth-order valence-electron chi connectivity index (χ4n) is 4.82. The number of imidazole rings is 1. The Morgan fingerprint density at radius 3 is 2.35 bits per heavy atom. The number of carbonyl (C=O) groups is 2. The van der Waals surface area contributed by atoms with Crippen molar-refractivity contribution in [2.24, 2.45) is 0 Å². The van der Waals surface area contributed by atoms with Crippen LogP contribution in [0.3, 0.4) is 0 Å². The van der Waals surface area contributed by atoms with E-state index in [4.69, 9.17) is 33.2 Å². The maximum Gasteiger partial charge on any atom is 0.333 e. The summed E-state index contributed by atoms with van der Waals surface area (Å²) in [4.78, 5) is 42.4. The molecule has 1 aliphatic heterocycles. The monoisotopic (exact) mass is 574 g/mol. The van der Waals surface area contributed by atoms with Crippen molar-refractivity contribution in [3.8, 4) is 17.5 Å². The number of hydrogen-bond acceptors (Lipinski definition) is 5. The number of aromatic nitrogens is 2. The van der Waals surface area contributed by atoms with Crippen molar-refractivity contribution < 1.29 is 14.3 Å². The van der Waals surface area contributed by atoms with Gasteiger partial charge in [0, 0.05) is 25.1 Å². The molecule has 1 aliphatic rings. The average Bonchev–Trinajstić information content (AvgIpc) is 3.28. The van der Waals surface area contributed by atoms with Crippen molar-refractivity contribution in [1.82, 2.24) is 14.0 Å². The molecule has 0 N–H and O–H groups in total. The molecular weight excluding hydrogens is 551 g/mol. The third-order valence-electron chi connectivity index (χ3n) is 6.95. The minimum Gasteiger partial charge on any atom is -0.497 e. The summed E-state index contributed by atoms with van der Waals surface area (Å²) < 4.78 is 8.24. The first-order valence-corrected chi connectivity index (χ1v) is 13.3. The summed E-state index contributed by atoms with van der Waals surface area (Å²) in [7, 11) is 1.55. The van der Waals surface area contributed by atoms with Crippen molar-refractivity contribution in [3.05, 3.63) is 115 Å². The molecule has 0 spiro atoms. The predicted molar refractivity (Wildman–Crippen MR) is 152 cm³/mol. The van der Waals surface area contributed by atoms with E-state index in [0.717, 1.165) is 5.56 Å². The van der Waals surface area contributed by atoms with Crippen LogP contribution in [0.1, 0.15) is 44.1 Å². The van der Waals surface area contributed by atoms with Crippen LogP contribution in [-0.2, 0) is 19.5 Å². The molecule has 1 aromatic heterocycles. The molecule has 0 unspecified atom stereocenters. The quantitative estimate of drug-likeness (QED) is 0.279. The minimum absolute atomic E-state index is 0.0788. The number of ether oxygens (including phenoxy) is 1. The molecule has 202 valence electrons. The molecule has 0 bridgehead atoms. The molecule has 0 aliphatic carbocycles. The molecule has 0 atom stereocenters. The lowest BCUT2D eigenvalue weighted by Gasteiger charge is -2.28. The Morgan fingerprint density at radius 2 is 1.70 bits per heavy atom. The summed E-state index contributed by atoms with van der Waals surface area (Å²) in [5.74, 6) is 0.119. The number of halogens is 2. The van der Waals surface area contributed by atoms with Gasteiger partial charge in [-0.15, -0.1) is 0 Å². The molecule has 10 heteroatoms. The van der Waals surface area contributed by atoms with Gasteiger partial charge in [0.2, 0.25) is 0 Å². The van der Waals surface area contributed by atoms with Gasteiger partial charge in [0.1, 0.15) is 11.4 Å². The number of benzene rings is 3. The van der Waals surface area contributed by atoms with Gasteiger partial charge in [-0.1, -0.05) is 35.3 Å². The zero-order valence-electron chi connectivity index (χ0n) is 21.6. The molecule has 4 aromatic rings. The largest absolute Gasteiger partial charge is 0.497 e. The molecule has 0 radical (unpaired) electrons. The van der Waals surface area contributed by atoms with Crippen LogP contribution >= 0.6 is 23.2 Å². The Hall–Kier alpha value is -4.32. The molecule has 0 fully saturated rings. The Kier molecular flexibility index (Phi) is 7.78. The number of nitrogens with zero attached hydrogens (tertiary/aromatic N) is 4. The molecule has 8 nitrogen and oxygen atoms in total. The first kappa shape index (κ1) is 27.3. The van der Waals surface area contributed by atoms with Crippen LogP contribution in [0.15, 0.2) is 71.5 Å². The standard InChI is InChI=1S/C30H24Cl2N4O4/c1-40-23-10-8-22(9-11-23)36-28(27(37)13-6-19-2-4-20(17-33)5-3-19)26-18-34(14-15-35(26)30(36)39)29(38)21-7-12-24(31)25(32)16-21/h2-5,7-12,16H,6,13-15,18H2,1H3. The number of methoxy groups -OCH3 is 1. The maximum absolute atomic E-state index is 13.8. The van der Waals surface area contributed by atoms with E-state index >= 15 is 0 Å². The van der Waals surface area contributed by atoms with Crippen LogP contribution in [0, 0.1) is 11.3 Å². The Balaban J connectivity index is 1.52. The number of rotatable bonds is 7. The Morgan fingerprint density at radius 1 is 0.975 bits per heavy atom. The highest BCUT2D eigenvalue weighted by atomic mass is 35.5. The van der Waals surface area contributed by atoms with Crippen molar-refractivity contribution in [1.29, 1.82) is 5.26 Å². The molecule has 0 saturated carbocycles. The minimum atomic E-state index is -0.344. The van der Waals surface area contributed by atoms with Crippen molar-refractivity contribution in [2.45, 2.75) is 25.9 Å². The van der Waals surface area contributed by atoms with E-state index < -0.39 is 0 Å². The van der Waals surface area contributed by atoms with Gasteiger partial charge in [0.15, 0.2) is 5.78 Å². The lowest BCUT2D eigenvalue weighted by atomic mass is 10.0. The summed E-state index contributed by atoms with van der Waals surface area (Å²) in [6, 6.07) is 20.7. The lowest BCUT2D eigenvalue weighted by molar-refractivity contribution is 0.0707. The molecule has 1 amide bonds. The van der Waals surface area contributed by atoms with Crippen LogP contribution in [0.2, 0.25) is 10.0 Å².